The topological polar surface area (TPSA) is 29.0 Å². The van der Waals surface area contributed by atoms with Crippen molar-refractivity contribution < 1.29 is 0 Å². The lowest BCUT2D eigenvalue weighted by Crippen LogP contribution is -2.22. The molecule has 2 heterocycles. The van der Waals surface area contributed by atoms with Crippen molar-refractivity contribution in [2.24, 2.45) is 0 Å². The molecular weight excluding hydrogens is 266 g/mol. The second-order valence-corrected chi connectivity index (χ2v) is 4.44. The number of hydrogen-bond donors (Lipinski definition) is 0. The number of anilines is 1. The summed E-state index contributed by atoms with van der Waals surface area (Å²) >= 11 is 3.41. The van der Waals surface area contributed by atoms with Gasteiger partial charge in [0, 0.05) is 30.0 Å². The SMILES string of the molecule is CCN(CC)c1ccnc2cc(Br)cnc12. The van der Waals surface area contributed by atoms with Crippen LogP contribution >= 0.6 is 15.9 Å². The number of halogens is 1. The maximum Gasteiger partial charge on any atom is 0.112 e. The van der Waals surface area contributed by atoms with Gasteiger partial charge in [-0.15, -0.1) is 0 Å². The van der Waals surface area contributed by atoms with E-state index < -0.39 is 0 Å². The van der Waals surface area contributed by atoms with E-state index in [1.54, 1.807) is 0 Å². The Hall–Kier alpha value is -1.16. The fraction of sp³-hybridized carbons (Fsp3) is 0.333. The van der Waals surface area contributed by atoms with E-state index in [0.29, 0.717) is 0 Å². The van der Waals surface area contributed by atoms with Crippen LogP contribution in [-0.2, 0) is 0 Å². The molecule has 0 unspecified atom stereocenters. The monoisotopic (exact) mass is 279 g/mol. The maximum absolute atomic E-state index is 4.45. The average molecular weight is 280 g/mol. The lowest BCUT2D eigenvalue weighted by atomic mass is 10.2. The van der Waals surface area contributed by atoms with Gasteiger partial charge in [0.15, 0.2) is 0 Å². The van der Waals surface area contributed by atoms with Crippen LogP contribution in [0.5, 0.6) is 0 Å². The molecule has 0 aromatic carbocycles. The lowest BCUT2D eigenvalue weighted by Gasteiger charge is -2.21. The molecule has 0 aliphatic carbocycles. The van der Waals surface area contributed by atoms with E-state index in [9.17, 15) is 0 Å². The molecule has 16 heavy (non-hydrogen) atoms. The number of aromatic nitrogens is 2. The van der Waals surface area contributed by atoms with E-state index in [0.717, 1.165) is 34.3 Å². The van der Waals surface area contributed by atoms with Crippen LogP contribution in [0.3, 0.4) is 0 Å². The zero-order chi connectivity index (χ0) is 11.5. The molecular formula is C12H14BrN3. The van der Waals surface area contributed by atoms with E-state index in [4.69, 9.17) is 0 Å². The van der Waals surface area contributed by atoms with Gasteiger partial charge in [0.1, 0.15) is 5.52 Å². The Morgan fingerprint density at radius 2 is 2.00 bits per heavy atom. The Labute approximate surface area is 104 Å². The highest BCUT2D eigenvalue weighted by Gasteiger charge is 2.08. The van der Waals surface area contributed by atoms with E-state index in [1.165, 1.54) is 0 Å². The minimum Gasteiger partial charge on any atom is -0.370 e. The third-order valence-electron chi connectivity index (χ3n) is 2.63. The fourth-order valence-electron chi connectivity index (χ4n) is 1.81. The van der Waals surface area contributed by atoms with Crippen molar-refractivity contribution >= 4 is 32.7 Å². The van der Waals surface area contributed by atoms with Crippen molar-refractivity contribution in [3.63, 3.8) is 0 Å². The minimum absolute atomic E-state index is 0.929. The molecule has 0 amide bonds. The summed E-state index contributed by atoms with van der Waals surface area (Å²) in [6, 6.07) is 4.02. The largest absolute Gasteiger partial charge is 0.370 e. The Balaban J connectivity index is 2.61. The third kappa shape index (κ3) is 2.02. The second-order valence-electron chi connectivity index (χ2n) is 3.52. The molecule has 0 radical (unpaired) electrons. The molecule has 2 rings (SSSR count). The van der Waals surface area contributed by atoms with Crippen molar-refractivity contribution in [3.05, 3.63) is 29.0 Å². The molecule has 4 heteroatoms. The molecule has 2 aromatic heterocycles. The van der Waals surface area contributed by atoms with Gasteiger partial charge in [-0.25, -0.2) is 0 Å². The number of fused-ring (bicyclic) bond motifs is 1. The normalized spacial score (nSPS) is 10.7. The van der Waals surface area contributed by atoms with E-state index >= 15 is 0 Å². The molecule has 0 saturated heterocycles. The number of pyridine rings is 2. The average Bonchev–Trinajstić information content (AvgIpc) is 2.30. The number of nitrogens with zero attached hydrogens (tertiary/aromatic N) is 3. The maximum atomic E-state index is 4.45. The van der Waals surface area contributed by atoms with Gasteiger partial charge in [-0.2, -0.15) is 0 Å². The molecule has 0 aliphatic heterocycles. The lowest BCUT2D eigenvalue weighted by molar-refractivity contribution is 0.868. The molecule has 0 spiro atoms. The quantitative estimate of drug-likeness (QED) is 0.864. The molecule has 0 N–H and O–H groups in total. The summed E-state index contributed by atoms with van der Waals surface area (Å²) in [6.07, 6.45) is 3.65. The van der Waals surface area contributed by atoms with Crippen LogP contribution in [0.25, 0.3) is 11.0 Å². The van der Waals surface area contributed by atoms with Gasteiger partial charge < -0.3 is 4.90 Å². The Bertz CT molecular complexity index is 495. The van der Waals surface area contributed by atoms with Gasteiger partial charge in [-0.05, 0) is 41.9 Å². The summed E-state index contributed by atoms with van der Waals surface area (Å²) in [5.74, 6) is 0. The predicted octanol–water partition coefficient (Wildman–Crippen LogP) is 3.24. The van der Waals surface area contributed by atoms with Crippen molar-refractivity contribution in [2.75, 3.05) is 18.0 Å². The molecule has 0 saturated carbocycles. The van der Waals surface area contributed by atoms with Crippen LogP contribution in [0.2, 0.25) is 0 Å². The van der Waals surface area contributed by atoms with Crippen molar-refractivity contribution in [3.8, 4) is 0 Å². The zero-order valence-corrected chi connectivity index (χ0v) is 11.0. The summed E-state index contributed by atoms with van der Waals surface area (Å²) in [5.41, 5.74) is 3.05. The van der Waals surface area contributed by atoms with Gasteiger partial charge in [0.25, 0.3) is 0 Å². The summed E-state index contributed by atoms with van der Waals surface area (Å²) in [5, 5.41) is 0. The van der Waals surface area contributed by atoms with Crippen LogP contribution in [0.1, 0.15) is 13.8 Å². The van der Waals surface area contributed by atoms with E-state index in [1.807, 2.05) is 24.5 Å². The fourth-order valence-corrected chi connectivity index (χ4v) is 2.13. The molecule has 3 nitrogen and oxygen atoms in total. The zero-order valence-electron chi connectivity index (χ0n) is 9.44. The summed E-state index contributed by atoms with van der Waals surface area (Å²) in [7, 11) is 0. The minimum atomic E-state index is 0.929. The molecule has 84 valence electrons. The van der Waals surface area contributed by atoms with Gasteiger partial charge in [0.2, 0.25) is 0 Å². The highest BCUT2D eigenvalue weighted by atomic mass is 79.9. The van der Waals surface area contributed by atoms with Crippen molar-refractivity contribution in [1.82, 2.24) is 9.97 Å². The summed E-state index contributed by atoms with van der Waals surface area (Å²) < 4.78 is 0.962. The van der Waals surface area contributed by atoms with Crippen molar-refractivity contribution in [2.45, 2.75) is 13.8 Å². The van der Waals surface area contributed by atoms with Crippen LogP contribution < -0.4 is 4.90 Å². The first-order valence-corrected chi connectivity index (χ1v) is 6.20. The van der Waals surface area contributed by atoms with Gasteiger partial charge in [-0.1, -0.05) is 0 Å². The molecule has 0 bridgehead atoms. The van der Waals surface area contributed by atoms with Crippen molar-refractivity contribution in [1.29, 1.82) is 0 Å². The Kier molecular flexibility index (Phi) is 3.39. The summed E-state index contributed by atoms with van der Waals surface area (Å²) in [6.45, 7) is 6.25. The second kappa shape index (κ2) is 4.78. The van der Waals surface area contributed by atoms with Crippen LogP contribution in [0.4, 0.5) is 5.69 Å². The number of hydrogen-bond acceptors (Lipinski definition) is 3. The third-order valence-corrected chi connectivity index (χ3v) is 3.06. The molecule has 2 aromatic rings. The van der Waals surface area contributed by atoms with Crippen LogP contribution in [0.15, 0.2) is 29.0 Å². The highest BCUT2D eigenvalue weighted by molar-refractivity contribution is 9.10. The first kappa shape index (κ1) is 11.3. The van der Waals surface area contributed by atoms with Gasteiger partial charge in [-0.3, -0.25) is 9.97 Å². The smallest absolute Gasteiger partial charge is 0.112 e. The predicted molar refractivity (Wildman–Crippen MR) is 70.8 cm³/mol. The Morgan fingerprint density at radius 1 is 1.25 bits per heavy atom. The standard InChI is InChI=1S/C12H14BrN3/c1-3-16(4-2)11-5-6-14-10-7-9(13)8-15-12(10)11/h5-8H,3-4H2,1-2H3. The number of rotatable bonds is 3. The first-order chi connectivity index (χ1) is 7.76. The molecule has 0 aliphatic rings. The van der Waals surface area contributed by atoms with Gasteiger partial charge >= 0.3 is 0 Å². The summed E-state index contributed by atoms with van der Waals surface area (Å²) in [4.78, 5) is 11.1. The Morgan fingerprint density at radius 3 is 2.69 bits per heavy atom. The van der Waals surface area contributed by atoms with Gasteiger partial charge in [0.05, 0.1) is 11.2 Å². The molecule has 0 atom stereocenters. The van der Waals surface area contributed by atoms with E-state index in [2.05, 4.69) is 44.6 Å². The first-order valence-electron chi connectivity index (χ1n) is 5.41. The van der Waals surface area contributed by atoms with Crippen LogP contribution in [-0.4, -0.2) is 23.1 Å². The van der Waals surface area contributed by atoms with E-state index in [-0.39, 0.29) is 0 Å². The molecule has 0 fully saturated rings. The highest BCUT2D eigenvalue weighted by Crippen LogP contribution is 2.24. The van der Waals surface area contributed by atoms with Crippen LogP contribution in [0, 0.1) is 0 Å².